The second-order valence-corrected chi connectivity index (χ2v) is 6.79. The zero-order chi connectivity index (χ0) is 11.4. The SMILES string of the molecule is CCC(CC)O[SiH2]CCC1CCC2OC2C1. The van der Waals surface area contributed by atoms with Crippen LogP contribution in [0.3, 0.4) is 0 Å². The number of fused-ring (bicyclic) bond motifs is 1. The lowest BCUT2D eigenvalue weighted by molar-refractivity contribution is 0.201. The van der Waals surface area contributed by atoms with Crippen LogP contribution in [0.15, 0.2) is 0 Å². The molecule has 2 aliphatic rings. The van der Waals surface area contributed by atoms with Crippen molar-refractivity contribution in [2.75, 3.05) is 0 Å². The van der Waals surface area contributed by atoms with Gasteiger partial charge in [0.1, 0.15) is 0 Å². The fraction of sp³-hybridized carbons (Fsp3) is 1.00. The fourth-order valence-corrected chi connectivity index (χ4v) is 4.61. The first kappa shape index (κ1) is 12.6. The molecule has 0 spiro atoms. The van der Waals surface area contributed by atoms with Gasteiger partial charge in [0.05, 0.1) is 12.2 Å². The molecule has 0 N–H and O–H groups in total. The molecule has 2 fully saturated rings. The van der Waals surface area contributed by atoms with Crippen LogP contribution in [0.25, 0.3) is 0 Å². The maximum Gasteiger partial charge on any atom is 0.161 e. The summed E-state index contributed by atoms with van der Waals surface area (Å²) in [7, 11) is -0.247. The molecule has 1 aliphatic heterocycles. The quantitative estimate of drug-likeness (QED) is 0.389. The molecule has 0 bridgehead atoms. The van der Waals surface area contributed by atoms with Gasteiger partial charge in [0.2, 0.25) is 0 Å². The van der Waals surface area contributed by atoms with Gasteiger partial charge >= 0.3 is 0 Å². The van der Waals surface area contributed by atoms with Crippen molar-refractivity contribution < 1.29 is 9.16 Å². The highest BCUT2D eigenvalue weighted by molar-refractivity contribution is 6.27. The Bertz CT molecular complexity index is 206. The van der Waals surface area contributed by atoms with Crippen molar-refractivity contribution in [3.8, 4) is 0 Å². The summed E-state index contributed by atoms with van der Waals surface area (Å²) in [6.45, 7) is 4.46. The molecule has 2 nitrogen and oxygen atoms in total. The Morgan fingerprint density at radius 3 is 2.75 bits per heavy atom. The smallest absolute Gasteiger partial charge is 0.161 e. The molecule has 0 aromatic rings. The van der Waals surface area contributed by atoms with Crippen molar-refractivity contribution in [1.82, 2.24) is 0 Å². The van der Waals surface area contributed by atoms with Crippen LogP contribution in [0.1, 0.15) is 52.4 Å². The highest BCUT2D eigenvalue weighted by atomic mass is 28.2. The van der Waals surface area contributed by atoms with Crippen molar-refractivity contribution in [3.63, 3.8) is 0 Å². The van der Waals surface area contributed by atoms with E-state index in [0.29, 0.717) is 18.3 Å². The Hall–Kier alpha value is 0.137. The first-order valence-electron chi connectivity index (χ1n) is 7.10. The summed E-state index contributed by atoms with van der Waals surface area (Å²) >= 11 is 0. The second kappa shape index (κ2) is 6.17. The molecule has 1 heterocycles. The van der Waals surface area contributed by atoms with Crippen molar-refractivity contribution in [1.29, 1.82) is 0 Å². The minimum absolute atomic E-state index is 0.247. The first-order chi connectivity index (χ1) is 7.83. The minimum atomic E-state index is -0.247. The van der Waals surface area contributed by atoms with Crippen molar-refractivity contribution in [2.45, 2.75) is 76.7 Å². The van der Waals surface area contributed by atoms with Crippen LogP contribution < -0.4 is 0 Å². The highest BCUT2D eigenvalue weighted by Gasteiger charge is 2.43. The van der Waals surface area contributed by atoms with Crippen LogP contribution in [0.5, 0.6) is 0 Å². The van der Waals surface area contributed by atoms with Gasteiger partial charge in [0.25, 0.3) is 0 Å². The average Bonchev–Trinajstić information content (AvgIpc) is 3.07. The molecule has 0 aromatic carbocycles. The molecule has 0 radical (unpaired) electrons. The van der Waals surface area contributed by atoms with E-state index in [-0.39, 0.29) is 9.76 Å². The van der Waals surface area contributed by atoms with Gasteiger partial charge in [-0.05, 0) is 44.1 Å². The molecule has 0 amide bonds. The number of epoxide rings is 1. The lowest BCUT2D eigenvalue weighted by Crippen LogP contribution is -2.16. The predicted molar refractivity (Wildman–Crippen MR) is 69.4 cm³/mol. The molecule has 3 heteroatoms. The molecule has 94 valence electrons. The van der Waals surface area contributed by atoms with Gasteiger partial charge in [-0.3, -0.25) is 0 Å². The summed E-state index contributed by atoms with van der Waals surface area (Å²) < 4.78 is 11.5. The number of hydrogen-bond donors (Lipinski definition) is 0. The lowest BCUT2D eigenvalue weighted by Gasteiger charge is -2.19. The zero-order valence-corrected chi connectivity index (χ0v) is 12.2. The molecule has 3 unspecified atom stereocenters. The third-order valence-corrected chi connectivity index (χ3v) is 5.54. The number of rotatable bonds is 7. The van der Waals surface area contributed by atoms with E-state index in [0.717, 1.165) is 5.92 Å². The highest BCUT2D eigenvalue weighted by Crippen LogP contribution is 2.40. The minimum Gasteiger partial charge on any atom is -0.421 e. The maximum atomic E-state index is 5.98. The van der Waals surface area contributed by atoms with Gasteiger partial charge in [-0.2, -0.15) is 0 Å². The average molecular weight is 242 g/mol. The van der Waals surface area contributed by atoms with E-state index < -0.39 is 0 Å². The second-order valence-electron chi connectivity index (χ2n) is 5.34. The fourth-order valence-electron chi connectivity index (χ4n) is 2.90. The van der Waals surface area contributed by atoms with Gasteiger partial charge in [-0.1, -0.05) is 20.3 Å². The topological polar surface area (TPSA) is 21.8 Å². The van der Waals surface area contributed by atoms with Crippen LogP contribution in [0.2, 0.25) is 6.04 Å². The van der Waals surface area contributed by atoms with E-state index >= 15 is 0 Å². The van der Waals surface area contributed by atoms with Crippen molar-refractivity contribution in [2.24, 2.45) is 5.92 Å². The Kier molecular flexibility index (Phi) is 4.86. The van der Waals surface area contributed by atoms with E-state index in [9.17, 15) is 0 Å². The summed E-state index contributed by atoms with van der Waals surface area (Å²) in [5, 5.41) is 0. The molecular formula is C13H26O2Si. The Morgan fingerprint density at radius 1 is 1.25 bits per heavy atom. The Balaban J connectivity index is 1.50. The van der Waals surface area contributed by atoms with Gasteiger partial charge in [-0.25, -0.2) is 0 Å². The molecule has 0 aromatic heterocycles. The van der Waals surface area contributed by atoms with Gasteiger partial charge in [-0.15, -0.1) is 0 Å². The maximum absolute atomic E-state index is 5.98. The van der Waals surface area contributed by atoms with Crippen molar-refractivity contribution in [3.05, 3.63) is 0 Å². The summed E-state index contributed by atoms with van der Waals surface area (Å²) in [4.78, 5) is 0. The molecule has 1 saturated heterocycles. The molecule has 3 atom stereocenters. The summed E-state index contributed by atoms with van der Waals surface area (Å²) in [6.07, 6.45) is 9.70. The van der Waals surface area contributed by atoms with Crippen LogP contribution >= 0.6 is 0 Å². The number of hydrogen-bond acceptors (Lipinski definition) is 2. The lowest BCUT2D eigenvalue weighted by atomic mass is 9.88. The molecule has 1 aliphatic carbocycles. The van der Waals surface area contributed by atoms with E-state index in [1.165, 1.54) is 44.6 Å². The summed E-state index contributed by atoms with van der Waals surface area (Å²) in [6, 6.07) is 1.37. The Labute approximate surface area is 102 Å². The van der Waals surface area contributed by atoms with Gasteiger partial charge in [0.15, 0.2) is 9.76 Å². The molecule has 16 heavy (non-hydrogen) atoms. The first-order valence-corrected chi connectivity index (χ1v) is 8.68. The van der Waals surface area contributed by atoms with E-state index in [2.05, 4.69) is 13.8 Å². The van der Waals surface area contributed by atoms with E-state index in [1.54, 1.807) is 0 Å². The number of ether oxygens (including phenoxy) is 1. The van der Waals surface area contributed by atoms with E-state index in [1.807, 2.05) is 0 Å². The normalized spacial score (nSPS) is 33.6. The third kappa shape index (κ3) is 3.57. The van der Waals surface area contributed by atoms with E-state index in [4.69, 9.17) is 9.16 Å². The largest absolute Gasteiger partial charge is 0.421 e. The monoisotopic (exact) mass is 242 g/mol. The van der Waals surface area contributed by atoms with Gasteiger partial charge in [0, 0.05) is 6.10 Å². The van der Waals surface area contributed by atoms with Crippen LogP contribution in [0.4, 0.5) is 0 Å². The molecular weight excluding hydrogens is 216 g/mol. The summed E-state index contributed by atoms with van der Waals surface area (Å²) in [5.74, 6) is 0.946. The van der Waals surface area contributed by atoms with Crippen LogP contribution in [-0.4, -0.2) is 28.1 Å². The van der Waals surface area contributed by atoms with Crippen LogP contribution in [-0.2, 0) is 9.16 Å². The van der Waals surface area contributed by atoms with Gasteiger partial charge < -0.3 is 9.16 Å². The molecule has 2 rings (SSSR count). The van der Waals surface area contributed by atoms with Crippen LogP contribution in [0, 0.1) is 5.92 Å². The van der Waals surface area contributed by atoms with Crippen molar-refractivity contribution >= 4 is 9.76 Å². The molecule has 1 saturated carbocycles. The Morgan fingerprint density at radius 2 is 2.06 bits per heavy atom. The standard InChI is InChI=1S/C13H26O2Si/c1-3-11(4-2)15-16-8-7-10-5-6-12-13(9-10)14-12/h10-13H,3-9,16H2,1-2H3. The predicted octanol–water partition coefficient (Wildman–Crippen LogP) is 2.65. The zero-order valence-electron chi connectivity index (χ0n) is 10.8. The summed E-state index contributed by atoms with van der Waals surface area (Å²) in [5.41, 5.74) is 0. The third-order valence-electron chi connectivity index (χ3n) is 4.13.